The van der Waals surface area contributed by atoms with Crippen molar-refractivity contribution >= 4 is 22.6 Å². The summed E-state index contributed by atoms with van der Waals surface area (Å²) in [5.41, 5.74) is 6.95. The van der Waals surface area contributed by atoms with Crippen LogP contribution in [-0.4, -0.2) is 12.7 Å². The van der Waals surface area contributed by atoms with Gasteiger partial charge < -0.3 is 14.9 Å². The van der Waals surface area contributed by atoms with Crippen LogP contribution in [0.3, 0.4) is 0 Å². The van der Waals surface area contributed by atoms with Crippen molar-refractivity contribution in [3.63, 3.8) is 0 Å². The second kappa shape index (κ2) is 4.57. The fourth-order valence-electron chi connectivity index (χ4n) is 2.55. The zero-order valence-corrected chi connectivity index (χ0v) is 11.0. The summed E-state index contributed by atoms with van der Waals surface area (Å²) in [5, 5.41) is 1.60. The van der Waals surface area contributed by atoms with Crippen LogP contribution in [0.25, 0.3) is 11.0 Å². The molecule has 1 aliphatic heterocycles. The maximum atomic E-state index is 6.24. The molecule has 1 aromatic heterocycles. The van der Waals surface area contributed by atoms with Gasteiger partial charge in [0, 0.05) is 12.0 Å². The third-order valence-corrected chi connectivity index (χ3v) is 3.94. The first kappa shape index (κ1) is 12.0. The number of ether oxygens (including phenoxy) is 1. The van der Waals surface area contributed by atoms with Crippen molar-refractivity contribution in [2.24, 2.45) is 11.7 Å². The Morgan fingerprint density at radius 1 is 1.44 bits per heavy atom. The highest BCUT2D eigenvalue weighted by Crippen LogP contribution is 2.34. The molecule has 0 bridgehead atoms. The van der Waals surface area contributed by atoms with Gasteiger partial charge in [-0.25, -0.2) is 0 Å². The molecule has 3 nitrogen and oxygen atoms in total. The van der Waals surface area contributed by atoms with Crippen LogP contribution >= 0.6 is 11.6 Å². The fourth-order valence-corrected chi connectivity index (χ4v) is 2.77. The van der Waals surface area contributed by atoms with E-state index in [1.165, 1.54) is 0 Å². The minimum atomic E-state index is -0.231. The van der Waals surface area contributed by atoms with Gasteiger partial charge in [0.05, 0.1) is 17.2 Å². The molecule has 0 amide bonds. The van der Waals surface area contributed by atoms with Gasteiger partial charge in [0.2, 0.25) is 0 Å². The van der Waals surface area contributed by atoms with Crippen LogP contribution in [0.15, 0.2) is 28.7 Å². The number of halogens is 1. The molecule has 18 heavy (non-hydrogen) atoms. The maximum Gasteiger partial charge on any atom is 0.152 e. The summed E-state index contributed by atoms with van der Waals surface area (Å²) in [6.07, 6.45) is 1.09. The minimum absolute atomic E-state index is 0.0318. The Balaban J connectivity index is 1.96. The molecule has 0 aliphatic carbocycles. The third-order valence-electron chi connectivity index (χ3n) is 3.64. The predicted octanol–water partition coefficient (Wildman–Crippen LogP) is 3.51. The van der Waals surface area contributed by atoms with E-state index in [0.717, 1.165) is 24.2 Å². The summed E-state index contributed by atoms with van der Waals surface area (Å²) in [7, 11) is 0. The van der Waals surface area contributed by atoms with Crippen molar-refractivity contribution in [3.8, 4) is 0 Å². The van der Waals surface area contributed by atoms with E-state index in [1.54, 1.807) is 0 Å². The summed E-state index contributed by atoms with van der Waals surface area (Å²) in [6.45, 7) is 2.94. The molecule has 4 heteroatoms. The van der Waals surface area contributed by atoms with Gasteiger partial charge in [-0.15, -0.1) is 0 Å². The number of hydrogen-bond donors (Lipinski definition) is 1. The Labute approximate surface area is 111 Å². The predicted molar refractivity (Wildman–Crippen MR) is 71.7 cm³/mol. The molecule has 3 unspecified atom stereocenters. The van der Waals surface area contributed by atoms with E-state index in [1.807, 2.05) is 24.3 Å². The maximum absolute atomic E-state index is 6.24. The standard InChI is InChI=1S/C14H16ClNO2/c1-8-5-6-17-13(8)12(16)11-7-9-3-2-4-10(15)14(9)18-11/h2-4,7-8,12-13H,5-6,16H2,1H3. The van der Waals surface area contributed by atoms with Crippen LogP contribution in [0.1, 0.15) is 25.1 Å². The molecule has 2 aromatic rings. The number of benzene rings is 1. The quantitative estimate of drug-likeness (QED) is 0.904. The van der Waals surface area contributed by atoms with Crippen molar-refractivity contribution < 1.29 is 9.15 Å². The Morgan fingerprint density at radius 3 is 2.94 bits per heavy atom. The molecular formula is C14H16ClNO2. The summed E-state index contributed by atoms with van der Waals surface area (Å²) >= 11 is 6.10. The van der Waals surface area contributed by atoms with Crippen LogP contribution in [0.2, 0.25) is 5.02 Å². The molecule has 3 atom stereocenters. The van der Waals surface area contributed by atoms with Gasteiger partial charge in [0.25, 0.3) is 0 Å². The van der Waals surface area contributed by atoms with Gasteiger partial charge in [0.1, 0.15) is 5.76 Å². The lowest BCUT2D eigenvalue weighted by atomic mass is 9.96. The second-order valence-electron chi connectivity index (χ2n) is 4.93. The first-order valence-corrected chi connectivity index (χ1v) is 6.60. The van der Waals surface area contributed by atoms with Crippen LogP contribution in [0.5, 0.6) is 0 Å². The molecule has 1 saturated heterocycles. The SMILES string of the molecule is CC1CCOC1C(N)c1cc2cccc(Cl)c2o1. The molecule has 2 N–H and O–H groups in total. The topological polar surface area (TPSA) is 48.4 Å². The lowest BCUT2D eigenvalue weighted by molar-refractivity contribution is 0.0668. The second-order valence-corrected chi connectivity index (χ2v) is 5.34. The zero-order valence-electron chi connectivity index (χ0n) is 10.2. The molecule has 0 radical (unpaired) electrons. The number of fused-ring (bicyclic) bond motifs is 1. The molecule has 1 aromatic carbocycles. The van der Waals surface area contributed by atoms with E-state index in [9.17, 15) is 0 Å². The number of rotatable bonds is 2. The largest absolute Gasteiger partial charge is 0.458 e. The summed E-state index contributed by atoms with van der Waals surface area (Å²) < 4.78 is 11.5. The van der Waals surface area contributed by atoms with Crippen LogP contribution < -0.4 is 5.73 Å². The highest BCUT2D eigenvalue weighted by molar-refractivity contribution is 6.34. The monoisotopic (exact) mass is 265 g/mol. The van der Waals surface area contributed by atoms with Gasteiger partial charge in [-0.3, -0.25) is 0 Å². The average Bonchev–Trinajstić information content (AvgIpc) is 2.95. The van der Waals surface area contributed by atoms with E-state index in [-0.39, 0.29) is 12.1 Å². The molecule has 1 aliphatic rings. The number of furan rings is 1. The van der Waals surface area contributed by atoms with Crippen molar-refractivity contribution in [2.75, 3.05) is 6.61 Å². The lowest BCUT2D eigenvalue weighted by Gasteiger charge is -2.20. The van der Waals surface area contributed by atoms with Crippen molar-refractivity contribution in [3.05, 3.63) is 35.0 Å². The van der Waals surface area contributed by atoms with Gasteiger partial charge in [0.15, 0.2) is 5.58 Å². The number of para-hydroxylation sites is 1. The summed E-state index contributed by atoms with van der Waals surface area (Å²) in [4.78, 5) is 0. The normalized spacial score (nSPS) is 25.7. The molecule has 0 spiro atoms. The highest BCUT2D eigenvalue weighted by atomic mass is 35.5. The molecule has 96 valence electrons. The first-order chi connectivity index (χ1) is 8.66. The molecule has 0 saturated carbocycles. The van der Waals surface area contributed by atoms with Crippen molar-refractivity contribution in [1.29, 1.82) is 0 Å². The van der Waals surface area contributed by atoms with E-state index >= 15 is 0 Å². The zero-order chi connectivity index (χ0) is 12.7. The fraction of sp³-hybridized carbons (Fsp3) is 0.429. The minimum Gasteiger partial charge on any atom is -0.458 e. The van der Waals surface area contributed by atoms with Crippen molar-refractivity contribution in [1.82, 2.24) is 0 Å². The Bertz CT molecular complexity index is 566. The van der Waals surface area contributed by atoms with E-state index in [2.05, 4.69) is 6.92 Å². The number of nitrogens with two attached hydrogens (primary N) is 1. The van der Waals surface area contributed by atoms with E-state index < -0.39 is 0 Å². The van der Waals surface area contributed by atoms with Gasteiger partial charge in [-0.2, -0.15) is 0 Å². The lowest BCUT2D eigenvalue weighted by Crippen LogP contribution is -2.29. The van der Waals surface area contributed by atoms with Crippen LogP contribution in [-0.2, 0) is 4.74 Å². The van der Waals surface area contributed by atoms with Crippen LogP contribution in [0, 0.1) is 5.92 Å². The number of hydrogen-bond acceptors (Lipinski definition) is 3. The molecule has 2 heterocycles. The molecule has 3 rings (SSSR count). The highest BCUT2D eigenvalue weighted by Gasteiger charge is 2.32. The van der Waals surface area contributed by atoms with Gasteiger partial charge >= 0.3 is 0 Å². The summed E-state index contributed by atoms with van der Waals surface area (Å²) in [6, 6.07) is 7.42. The average molecular weight is 266 g/mol. The summed E-state index contributed by atoms with van der Waals surface area (Å²) in [5.74, 6) is 1.21. The van der Waals surface area contributed by atoms with Crippen molar-refractivity contribution in [2.45, 2.75) is 25.5 Å². The molecular weight excluding hydrogens is 250 g/mol. The van der Waals surface area contributed by atoms with Crippen LogP contribution in [0.4, 0.5) is 0 Å². The Morgan fingerprint density at radius 2 is 2.28 bits per heavy atom. The Hall–Kier alpha value is -1.03. The third kappa shape index (κ3) is 1.92. The van der Waals surface area contributed by atoms with E-state index in [0.29, 0.717) is 16.5 Å². The molecule has 1 fully saturated rings. The smallest absolute Gasteiger partial charge is 0.152 e. The Kier molecular flexibility index (Phi) is 3.06. The van der Waals surface area contributed by atoms with Gasteiger partial charge in [-0.1, -0.05) is 30.7 Å². The first-order valence-electron chi connectivity index (χ1n) is 6.22. The van der Waals surface area contributed by atoms with Gasteiger partial charge in [-0.05, 0) is 24.5 Å². The van der Waals surface area contributed by atoms with E-state index in [4.69, 9.17) is 26.5 Å².